The van der Waals surface area contributed by atoms with E-state index in [2.05, 4.69) is 4.74 Å². The number of anilines is 1. The first-order valence-electron chi connectivity index (χ1n) is 6.32. The zero-order valence-corrected chi connectivity index (χ0v) is 12.5. The highest BCUT2D eigenvalue weighted by Crippen LogP contribution is 2.36. The molecule has 1 N–H and O–H groups in total. The van der Waals surface area contributed by atoms with Gasteiger partial charge in [-0.1, -0.05) is 17.8 Å². The van der Waals surface area contributed by atoms with Crippen LogP contribution in [0.25, 0.3) is 0 Å². The van der Waals surface area contributed by atoms with Crippen molar-refractivity contribution in [2.75, 3.05) is 18.6 Å². The normalized spacial score (nSPS) is 17.9. The molecule has 1 aromatic rings. The fourth-order valence-electron chi connectivity index (χ4n) is 2.25. The smallest absolute Gasteiger partial charge is 0.341 e. The zero-order valence-electron chi connectivity index (χ0n) is 11.7. The summed E-state index contributed by atoms with van der Waals surface area (Å²) < 4.78 is 4.58. The molecule has 1 atom stereocenters. The number of phenolic OH excluding ortho intramolecular Hbond substituents is 1. The molecule has 1 aliphatic heterocycles. The van der Waals surface area contributed by atoms with Gasteiger partial charge >= 0.3 is 5.97 Å². The SMILES string of the molecule is COC(=O)c1cccc(N2CC(SC(C)=O)CC2=O)c1O. The molecular formula is C14H15NO5S. The molecule has 1 amide bonds. The van der Waals surface area contributed by atoms with Gasteiger partial charge in [-0.05, 0) is 12.1 Å². The van der Waals surface area contributed by atoms with Gasteiger partial charge < -0.3 is 14.7 Å². The largest absolute Gasteiger partial charge is 0.505 e. The van der Waals surface area contributed by atoms with Crippen LogP contribution >= 0.6 is 11.8 Å². The number of thioether (sulfide) groups is 1. The second kappa shape index (κ2) is 6.17. The molecule has 1 unspecified atom stereocenters. The zero-order chi connectivity index (χ0) is 15.6. The molecule has 0 radical (unpaired) electrons. The van der Waals surface area contributed by atoms with Crippen LogP contribution in [0.15, 0.2) is 18.2 Å². The van der Waals surface area contributed by atoms with Gasteiger partial charge in [0.2, 0.25) is 5.91 Å². The lowest BCUT2D eigenvalue weighted by atomic mass is 10.1. The number of rotatable bonds is 3. The van der Waals surface area contributed by atoms with E-state index in [0.717, 1.165) is 11.8 Å². The highest BCUT2D eigenvalue weighted by molar-refractivity contribution is 8.14. The number of esters is 1. The summed E-state index contributed by atoms with van der Waals surface area (Å²) in [5.74, 6) is -1.15. The highest BCUT2D eigenvalue weighted by Gasteiger charge is 2.34. The van der Waals surface area contributed by atoms with Gasteiger partial charge in [0.05, 0.1) is 12.8 Å². The number of nitrogens with zero attached hydrogens (tertiary/aromatic N) is 1. The molecule has 1 fully saturated rings. The van der Waals surface area contributed by atoms with Crippen LogP contribution in [0.5, 0.6) is 5.75 Å². The lowest BCUT2D eigenvalue weighted by Crippen LogP contribution is -2.25. The van der Waals surface area contributed by atoms with E-state index in [0.29, 0.717) is 6.54 Å². The molecule has 7 heteroatoms. The van der Waals surface area contributed by atoms with Crippen molar-refractivity contribution in [1.29, 1.82) is 0 Å². The van der Waals surface area contributed by atoms with Gasteiger partial charge in [-0.3, -0.25) is 9.59 Å². The first-order valence-corrected chi connectivity index (χ1v) is 7.20. The Labute approximate surface area is 126 Å². The number of aromatic hydroxyl groups is 1. The fourth-order valence-corrected chi connectivity index (χ4v) is 3.16. The molecule has 1 aliphatic rings. The Bertz CT molecular complexity index is 601. The van der Waals surface area contributed by atoms with Gasteiger partial charge in [-0.2, -0.15) is 0 Å². The lowest BCUT2D eigenvalue weighted by molar-refractivity contribution is -0.117. The molecule has 0 aliphatic carbocycles. The fraction of sp³-hybridized carbons (Fsp3) is 0.357. The van der Waals surface area contributed by atoms with Crippen molar-refractivity contribution in [3.8, 4) is 5.75 Å². The lowest BCUT2D eigenvalue weighted by Gasteiger charge is -2.18. The summed E-state index contributed by atoms with van der Waals surface area (Å²) in [6.45, 7) is 1.77. The van der Waals surface area contributed by atoms with Crippen LogP contribution in [0.1, 0.15) is 23.7 Å². The first-order chi connectivity index (χ1) is 9.93. The van der Waals surface area contributed by atoms with E-state index in [1.807, 2.05) is 0 Å². The topological polar surface area (TPSA) is 83.9 Å². The summed E-state index contributed by atoms with van der Waals surface area (Å²) in [7, 11) is 1.22. The summed E-state index contributed by atoms with van der Waals surface area (Å²) in [5.41, 5.74) is 0.264. The Morgan fingerprint density at radius 1 is 1.43 bits per heavy atom. The molecule has 112 valence electrons. The summed E-state index contributed by atoms with van der Waals surface area (Å²) in [5, 5.41) is 9.97. The third kappa shape index (κ3) is 3.18. The predicted molar refractivity (Wildman–Crippen MR) is 78.5 cm³/mol. The maximum absolute atomic E-state index is 12.0. The molecule has 1 aromatic carbocycles. The average molecular weight is 309 g/mol. The van der Waals surface area contributed by atoms with Crippen LogP contribution in [-0.4, -0.2) is 41.0 Å². The van der Waals surface area contributed by atoms with E-state index in [9.17, 15) is 19.5 Å². The van der Waals surface area contributed by atoms with Crippen LogP contribution in [0.2, 0.25) is 0 Å². The minimum Gasteiger partial charge on any atom is -0.505 e. The number of carbonyl (C=O) groups is 3. The van der Waals surface area contributed by atoms with Crippen molar-refractivity contribution in [3.63, 3.8) is 0 Å². The Balaban J connectivity index is 2.28. The standard InChI is InChI=1S/C14H15NO5S/c1-8(16)21-9-6-12(17)15(7-9)11-5-3-4-10(13(11)18)14(19)20-2/h3-5,9,18H,6-7H2,1-2H3. The van der Waals surface area contributed by atoms with E-state index in [4.69, 9.17) is 0 Å². The molecular weight excluding hydrogens is 294 g/mol. The number of hydrogen-bond donors (Lipinski definition) is 1. The van der Waals surface area contributed by atoms with Gasteiger partial charge in [0.15, 0.2) is 10.9 Å². The minimum absolute atomic E-state index is 0.00507. The van der Waals surface area contributed by atoms with Crippen molar-refractivity contribution in [3.05, 3.63) is 23.8 Å². The summed E-state index contributed by atoms with van der Waals surface area (Å²) in [4.78, 5) is 36.1. The highest BCUT2D eigenvalue weighted by atomic mass is 32.2. The number of amides is 1. The van der Waals surface area contributed by atoms with E-state index in [-0.39, 0.29) is 39.7 Å². The molecule has 0 spiro atoms. The average Bonchev–Trinajstić information content (AvgIpc) is 2.78. The molecule has 2 rings (SSSR count). The first kappa shape index (κ1) is 15.4. The minimum atomic E-state index is -0.671. The van der Waals surface area contributed by atoms with Gasteiger partial charge in [0, 0.05) is 25.1 Å². The Morgan fingerprint density at radius 3 is 2.76 bits per heavy atom. The van der Waals surface area contributed by atoms with E-state index in [1.165, 1.54) is 25.0 Å². The molecule has 21 heavy (non-hydrogen) atoms. The number of methoxy groups -OCH3 is 1. The number of benzene rings is 1. The summed E-state index contributed by atoms with van der Waals surface area (Å²) in [6, 6.07) is 4.55. The van der Waals surface area contributed by atoms with Crippen LogP contribution in [0.3, 0.4) is 0 Å². The maximum Gasteiger partial charge on any atom is 0.341 e. The van der Waals surface area contributed by atoms with Crippen LogP contribution in [0, 0.1) is 0 Å². The monoisotopic (exact) mass is 309 g/mol. The van der Waals surface area contributed by atoms with Gasteiger partial charge in [-0.15, -0.1) is 0 Å². The van der Waals surface area contributed by atoms with E-state index < -0.39 is 5.97 Å². The number of ether oxygens (including phenoxy) is 1. The molecule has 1 heterocycles. The van der Waals surface area contributed by atoms with Gasteiger partial charge in [-0.25, -0.2) is 4.79 Å². The Morgan fingerprint density at radius 2 is 2.14 bits per heavy atom. The molecule has 0 bridgehead atoms. The van der Waals surface area contributed by atoms with Gasteiger partial charge in [0.1, 0.15) is 5.56 Å². The second-order valence-corrected chi connectivity index (χ2v) is 6.08. The van der Waals surface area contributed by atoms with E-state index in [1.54, 1.807) is 12.1 Å². The Hall–Kier alpha value is -2.02. The van der Waals surface area contributed by atoms with Crippen LogP contribution < -0.4 is 4.90 Å². The van der Waals surface area contributed by atoms with Crippen molar-refractivity contribution in [1.82, 2.24) is 0 Å². The van der Waals surface area contributed by atoms with Gasteiger partial charge in [0.25, 0.3) is 0 Å². The number of phenols is 1. The third-order valence-corrected chi connectivity index (χ3v) is 4.11. The second-order valence-electron chi connectivity index (χ2n) is 4.60. The van der Waals surface area contributed by atoms with Crippen molar-refractivity contribution in [2.24, 2.45) is 0 Å². The quantitative estimate of drug-likeness (QED) is 0.853. The molecule has 0 saturated carbocycles. The van der Waals surface area contributed by atoms with Crippen LogP contribution in [0.4, 0.5) is 5.69 Å². The van der Waals surface area contributed by atoms with E-state index >= 15 is 0 Å². The molecule has 0 aromatic heterocycles. The van der Waals surface area contributed by atoms with Crippen molar-refractivity contribution in [2.45, 2.75) is 18.6 Å². The van der Waals surface area contributed by atoms with Crippen molar-refractivity contribution >= 4 is 34.4 Å². The number of hydrogen-bond acceptors (Lipinski definition) is 6. The molecule has 6 nitrogen and oxygen atoms in total. The molecule has 1 saturated heterocycles. The Kier molecular flexibility index (Phi) is 4.52. The number of para-hydroxylation sites is 1. The third-order valence-electron chi connectivity index (χ3n) is 3.13. The van der Waals surface area contributed by atoms with Crippen molar-refractivity contribution < 1.29 is 24.2 Å². The predicted octanol–water partition coefficient (Wildman–Crippen LogP) is 1.56. The maximum atomic E-state index is 12.0. The van der Waals surface area contributed by atoms with Crippen LogP contribution in [-0.2, 0) is 14.3 Å². The summed E-state index contributed by atoms with van der Waals surface area (Å²) in [6.07, 6.45) is 0.228. The number of carbonyl (C=O) groups excluding carboxylic acids is 3. The summed E-state index contributed by atoms with van der Waals surface area (Å²) >= 11 is 1.11.